The van der Waals surface area contributed by atoms with Crippen molar-refractivity contribution in [3.63, 3.8) is 0 Å². The van der Waals surface area contributed by atoms with Gasteiger partial charge >= 0.3 is 0 Å². The van der Waals surface area contributed by atoms with Crippen molar-refractivity contribution in [2.45, 2.75) is 12.1 Å². The number of benzene rings is 1. The largest absolute Gasteiger partial charge is 0.365 e. The number of aliphatic hydroxyl groups is 1. The van der Waals surface area contributed by atoms with Crippen molar-refractivity contribution < 1.29 is 9.90 Å². The van der Waals surface area contributed by atoms with Gasteiger partial charge < -0.3 is 5.11 Å². The van der Waals surface area contributed by atoms with Gasteiger partial charge in [-0.05, 0) is 24.3 Å². The van der Waals surface area contributed by atoms with Crippen molar-refractivity contribution in [2.75, 3.05) is 0 Å². The highest BCUT2D eigenvalue weighted by Gasteiger charge is 2.43. The van der Waals surface area contributed by atoms with Crippen molar-refractivity contribution in [2.24, 2.45) is 5.10 Å². The summed E-state index contributed by atoms with van der Waals surface area (Å²) >= 11 is 5.86. The fraction of sp³-hybridized carbons (Fsp3) is 0.133. The van der Waals surface area contributed by atoms with Gasteiger partial charge in [0.05, 0.1) is 0 Å². The predicted molar refractivity (Wildman–Crippen MR) is 78.9 cm³/mol. The third-order valence-corrected chi connectivity index (χ3v) is 3.56. The molecule has 1 unspecified atom stereocenters. The van der Waals surface area contributed by atoms with Crippen LogP contribution in [0, 0.1) is 0 Å². The number of hydrazone groups is 1. The molecule has 6 heteroatoms. The van der Waals surface area contributed by atoms with Crippen LogP contribution in [-0.2, 0) is 5.72 Å². The topological polar surface area (TPSA) is 65.8 Å². The van der Waals surface area contributed by atoms with E-state index in [1.54, 1.807) is 42.5 Å². The number of hydrogen-bond acceptors (Lipinski definition) is 4. The Morgan fingerprint density at radius 2 is 2.00 bits per heavy atom. The van der Waals surface area contributed by atoms with Gasteiger partial charge in [-0.15, -0.1) is 0 Å². The molecule has 0 spiro atoms. The van der Waals surface area contributed by atoms with E-state index < -0.39 is 11.6 Å². The van der Waals surface area contributed by atoms with Gasteiger partial charge in [0.15, 0.2) is 5.72 Å². The predicted octanol–water partition coefficient (Wildman–Crippen LogP) is 2.41. The average Bonchev–Trinajstić information content (AvgIpc) is 2.91. The van der Waals surface area contributed by atoms with Crippen LogP contribution < -0.4 is 0 Å². The van der Waals surface area contributed by atoms with Crippen molar-refractivity contribution in [1.82, 2.24) is 9.99 Å². The zero-order chi connectivity index (χ0) is 14.9. The summed E-state index contributed by atoms with van der Waals surface area (Å²) in [5.74, 6) is -0.457. The first kappa shape index (κ1) is 13.7. The van der Waals surface area contributed by atoms with Crippen molar-refractivity contribution in [3.05, 3.63) is 64.9 Å². The maximum Gasteiger partial charge on any atom is 0.295 e. The first-order valence-corrected chi connectivity index (χ1v) is 6.75. The molecular weight excluding hydrogens is 290 g/mol. The molecule has 1 aromatic carbocycles. The zero-order valence-electron chi connectivity index (χ0n) is 11.0. The number of carbonyl (C=O) groups excluding carboxylic acids is 1. The van der Waals surface area contributed by atoms with Crippen molar-refractivity contribution in [3.8, 4) is 0 Å². The van der Waals surface area contributed by atoms with E-state index in [1.807, 2.05) is 0 Å². The molecule has 0 saturated heterocycles. The number of amides is 1. The minimum Gasteiger partial charge on any atom is -0.365 e. The molecule has 0 fully saturated rings. The highest BCUT2D eigenvalue weighted by molar-refractivity contribution is 6.30. The fourth-order valence-electron chi connectivity index (χ4n) is 2.21. The van der Waals surface area contributed by atoms with Gasteiger partial charge in [0.1, 0.15) is 5.69 Å². The first-order valence-electron chi connectivity index (χ1n) is 6.38. The van der Waals surface area contributed by atoms with Gasteiger partial charge in [0.25, 0.3) is 5.91 Å². The Hall–Kier alpha value is -2.24. The van der Waals surface area contributed by atoms with E-state index in [0.717, 1.165) is 5.01 Å². The zero-order valence-corrected chi connectivity index (χ0v) is 11.7. The summed E-state index contributed by atoms with van der Waals surface area (Å²) < 4.78 is 0. The second-order valence-electron chi connectivity index (χ2n) is 4.66. The molecule has 1 N–H and O–H groups in total. The molecule has 0 aliphatic carbocycles. The molecule has 1 aromatic heterocycles. The molecule has 2 heterocycles. The molecule has 1 aliphatic rings. The van der Waals surface area contributed by atoms with Crippen LogP contribution in [-0.4, -0.2) is 27.2 Å². The van der Waals surface area contributed by atoms with Crippen LogP contribution in [0.4, 0.5) is 0 Å². The van der Waals surface area contributed by atoms with Gasteiger partial charge in [-0.2, -0.15) is 10.1 Å². The second kappa shape index (κ2) is 5.27. The minimum absolute atomic E-state index is 0.215. The molecule has 1 aliphatic heterocycles. The molecule has 21 heavy (non-hydrogen) atoms. The maximum atomic E-state index is 12.5. The fourth-order valence-corrected chi connectivity index (χ4v) is 2.33. The molecular formula is C15H12ClN3O2. The smallest absolute Gasteiger partial charge is 0.295 e. The van der Waals surface area contributed by atoms with Crippen LogP contribution >= 0.6 is 11.6 Å². The second-order valence-corrected chi connectivity index (χ2v) is 5.09. The van der Waals surface area contributed by atoms with Gasteiger partial charge in [-0.1, -0.05) is 29.8 Å². The van der Waals surface area contributed by atoms with Gasteiger partial charge in [-0.25, -0.2) is 0 Å². The summed E-state index contributed by atoms with van der Waals surface area (Å²) in [7, 11) is 0. The molecule has 1 atom stereocenters. The Morgan fingerprint density at radius 1 is 1.24 bits per heavy atom. The highest BCUT2D eigenvalue weighted by Crippen LogP contribution is 2.34. The van der Waals surface area contributed by atoms with E-state index in [0.29, 0.717) is 10.6 Å². The number of hydrogen-bond donors (Lipinski definition) is 1. The van der Waals surface area contributed by atoms with Crippen LogP contribution in [0.2, 0.25) is 5.02 Å². The monoisotopic (exact) mass is 301 g/mol. The van der Waals surface area contributed by atoms with E-state index in [2.05, 4.69) is 10.1 Å². The summed E-state index contributed by atoms with van der Waals surface area (Å²) in [5.41, 5.74) is -0.739. The van der Waals surface area contributed by atoms with Crippen molar-refractivity contribution >= 4 is 23.7 Å². The number of carbonyl (C=O) groups is 1. The number of nitrogens with zero attached hydrogens (tertiary/aromatic N) is 3. The Balaban J connectivity index is 1.96. The lowest BCUT2D eigenvalue weighted by Gasteiger charge is -2.31. The number of aromatic nitrogens is 1. The van der Waals surface area contributed by atoms with E-state index in [4.69, 9.17) is 11.6 Å². The molecule has 1 amide bonds. The third-order valence-electron chi connectivity index (χ3n) is 3.31. The lowest BCUT2D eigenvalue weighted by molar-refractivity contribution is -0.0766. The molecule has 5 nitrogen and oxygen atoms in total. The summed E-state index contributed by atoms with van der Waals surface area (Å²) in [6, 6.07) is 11.7. The normalized spacial score (nSPS) is 20.8. The van der Waals surface area contributed by atoms with Gasteiger partial charge in [0.2, 0.25) is 0 Å². The van der Waals surface area contributed by atoms with Crippen molar-refractivity contribution in [1.29, 1.82) is 0 Å². The van der Waals surface area contributed by atoms with E-state index in [9.17, 15) is 9.90 Å². The Kier molecular flexibility index (Phi) is 3.45. The molecule has 0 bridgehead atoms. The molecule has 106 valence electrons. The maximum absolute atomic E-state index is 12.5. The summed E-state index contributed by atoms with van der Waals surface area (Å²) in [4.78, 5) is 16.5. The standard InChI is InChI=1S/C15H12ClN3O2/c16-12-6-4-11(5-7-12)15(21)8-10-18-19(15)14(20)13-3-1-2-9-17-13/h1-7,9-10,21H,8H2. The summed E-state index contributed by atoms with van der Waals surface area (Å²) in [6.45, 7) is 0. The Bertz CT molecular complexity index is 688. The van der Waals surface area contributed by atoms with Gasteiger partial charge in [-0.3, -0.25) is 9.78 Å². The van der Waals surface area contributed by atoms with E-state index in [1.165, 1.54) is 12.4 Å². The number of pyridine rings is 1. The molecule has 0 radical (unpaired) electrons. The molecule has 0 saturated carbocycles. The quantitative estimate of drug-likeness (QED) is 0.926. The SMILES string of the molecule is O=C(c1ccccn1)N1N=CCC1(O)c1ccc(Cl)cc1. The minimum atomic E-state index is -1.51. The average molecular weight is 302 g/mol. The Morgan fingerprint density at radius 3 is 2.67 bits per heavy atom. The molecule has 2 aromatic rings. The molecule has 3 rings (SSSR count). The first-order chi connectivity index (χ1) is 10.1. The van der Waals surface area contributed by atoms with E-state index >= 15 is 0 Å². The van der Waals surface area contributed by atoms with Crippen LogP contribution in [0.1, 0.15) is 22.5 Å². The van der Waals surface area contributed by atoms with Crippen LogP contribution in [0.25, 0.3) is 0 Å². The number of halogens is 1. The van der Waals surface area contributed by atoms with Crippen LogP contribution in [0.3, 0.4) is 0 Å². The summed E-state index contributed by atoms with van der Waals surface area (Å²) in [5, 5.41) is 16.5. The van der Waals surface area contributed by atoms with E-state index in [-0.39, 0.29) is 12.1 Å². The Labute approximate surface area is 126 Å². The number of rotatable bonds is 2. The highest BCUT2D eigenvalue weighted by atomic mass is 35.5. The summed E-state index contributed by atoms with van der Waals surface area (Å²) in [6.07, 6.45) is 3.25. The van der Waals surface area contributed by atoms with Gasteiger partial charge in [0, 0.05) is 29.4 Å². The lowest BCUT2D eigenvalue weighted by atomic mass is 10.00. The third kappa shape index (κ3) is 2.41. The lowest BCUT2D eigenvalue weighted by Crippen LogP contribution is -2.43. The van der Waals surface area contributed by atoms with Crippen LogP contribution in [0.15, 0.2) is 53.8 Å². The van der Waals surface area contributed by atoms with Crippen LogP contribution in [0.5, 0.6) is 0 Å².